The number of nitrogens with zero attached hydrogens (tertiary/aromatic N) is 1. The second kappa shape index (κ2) is 3.23. The van der Waals surface area contributed by atoms with Crippen molar-refractivity contribution in [3.63, 3.8) is 0 Å². The summed E-state index contributed by atoms with van der Waals surface area (Å²) in [5.41, 5.74) is 0. The molecule has 0 aromatic rings. The lowest BCUT2D eigenvalue weighted by Crippen LogP contribution is -2.61. The Labute approximate surface area is 79.4 Å². The fourth-order valence-corrected chi connectivity index (χ4v) is 2.54. The van der Waals surface area contributed by atoms with Crippen LogP contribution in [0.2, 0.25) is 0 Å². The van der Waals surface area contributed by atoms with E-state index in [0.717, 1.165) is 38.3 Å². The van der Waals surface area contributed by atoms with Crippen molar-refractivity contribution in [1.82, 2.24) is 10.2 Å². The van der Waals surface area contributed by atoms with Gasteiger partial charge in [-0.2, -0.15) is 0 Å². The number of piperazine rings is 1. The van der Waals surface area contributed by atoms with Crippen LogP contribution in [-0.4, -0.2) is 49.8 Å². The molecule has 1 aliphatic carbocycles. The third-order valence-corrected chi connectivity index (χ3v) is 3.59. The highest BCUT2D eigenvalue weighted by atomic mass is 16.5. The fraction of sp³-hybridized carbons (Fsp3) is 1.00. The normalized spacial score (nSPS) is 41.5. The minimum absolute atomic E-state index is 0.656. The van der Waals surface area contributed by atoms with E-state index in [0.29, 0.717) is 6.04 Å². The van der Waals surface area contributed by atoms with Crippen LogP contribution >= 0.6 is 0 Å². The molecule has 2 atom stereocenters. The predicted octanol–water partition coefficient (Wildman–Crippen LogP) is 0.0690. The first-order valence-electron chi connectivity index (χ1n) is 5.48. The largest absolute Gasteiger partial charge is 0.378 e. The molecule has 3 heteroatoms. The zero-order valence-corrected chi connectivity index (χ0v) is 8.04. The second-order valence-electron chi connectivity index (χ2n) is 4.58. The molecule has 3 fully saturated rings. The summed E-state index contributed by atoms with van der Waals surface area (Å²) in [7, 11) is 0. The maximum absolute atomic E-state index is 5.47. The summed E-state index contributed by atoms with van der Waals surface area (Å²) < 4.78 is 5.47. The zero-order valence-electron chi connectivity index (χ0n) is 8.04. The van der Waals surface area contributed by atoms with Gasteiger partial charge in [-0.05, 0) is 18.8 Å². The molecule has 0 spiro atoms. The summed E-state index contributed by atoms with van der Waals surface area (Å²) in [6.07, 6.45) is 2.90. The highest BCUT2D eigenvalue weighted by Crippen LogP contribution is 2.34. The Bertz CT molecular complexity index is 193. The average Bonchev–Trinajstić information content (AvgIpc) is 3.00. The summed E-state index contributed by atoms with van der Waals surface area (Å²) in [4.78, 5) is 2.61. The predicted molar refractivity (Wildman–Crippen MR) is 50.7 cm³/mol. The minimum Gasteiger partial charge on any atom is -0.378 e. The van der Waals surface area contributed by atoms with Gasteiger partial charge >= 0.3 is 0 Å². The molecule has 3 rings (SSSR count). The molecule has 0 bridgehead atoms. The van der Waals surface area contributed by atoms with Crippen LogP contribution in [0.25, 0.3) is 0 Å². The minimum atomic E-state index is 0.656. The van der Waals surface area contributed by atoms with Crippen LogP contribution < -0.4 is 5.32 Å². The summed E-state index contributed by atoms with van der Waals surface area (Å²) in [6, 6.07) is 1.44. The highest BCUT2D eigenvalue weighted by molar-refractivity contribution is 4.95. The van der Waals surface area contributed by atoms with Crippen molar-refractivity contribution in [1.29, 1.82) is 0 Å². The van der Waals surface area contributed by atoms with Crippen LogP contribution in [0, 0.1) is 5.92 Å². The molecule has 1 N–H and O–H groups in total. The van der Waals surface area contributed by atoms with Crippen LogP contribution in [0.4, 0.5) is 0 Å². The summed E-state index contributed by atoms with van der Waals surface area (Å²) >= 11 is 0. The van der Waals surface area contributed by atoms with Gasteiger partial charge in [-0.15, -0.1) is 0 Å². The van der Waals surface area contributed by atoms with Crippen molar-refractivity contribution in [2.45, 2.75) is 24.9 Å². The monoisotopic (exact) mass is 182 g/mol. The van der Waals surface area contributed by atoms with E-state index in [9.17, 15) is 0 Å². The maximum Gasteiger partial charge on any atom is 0.0634 e. The molecule has 74 valence electrons. The van der Waals surface area contributed by atoms with Crippen LogP contribution in [0.15, 0.2) is 0 Å². The summed E-state index contributed by atoms with van der Waals surface area (Å²) in [5, 5.41) is 3.66. The summed E-state index contributed by atoms with van der Waals surface area (Å²) in [6.45, 7) is 5.42. The van der Waals surface area contributed by atoms with Crippen molar-refractivity contribution < 1.29 is 4.74 Å². The molecule has 2 unspecified atom stereocenters. The van der Waals surface area contributed by atoms with Crippen LogP contribution in [0.5, 0.6) is 0 Å². The van der Waals surface area contributed by atoms with Crippen molar-refractivity contribution in [2.24, 2.45) is 5.92 Å². The fourth-order valence-electron chi connectivity index (χ4n) is 2.54. The van der Waals surface area contributed by atoms with Gasteiger partial charge in [0.2, 0.25) is 0 Å². The lowest BCUT2D eigenvalue weighted by atomic mass is 10.1. The average molecular weight is 182 g/mol. The van der Waals surface area contributed by atoms with E-state index in [-0.39, 0.29) is 0 Å². The van der Waals surface area contributed by atoms with Gasteiger partial charge in [0.15, 0.2) is 0 Å². The Balaban J connectivity index is 1.62. The number of nitrogens with one attached hydrogen (secondary N) is 1. The van der Waals surface area contributed by atoms with Gasteiger partial charge in [0.1, 0.15) is 0 Å². The molecule has 2 heterocycles. The third kappa shape index (κ3) is 1.60. The number of hydrogen-bond acceptors (Lipinski definition) is 3. The second-order valence-corrected chi connectivity index (χ2v) is 4.58. The Morgan fingerprint density at radius 2 is 2.23 bits per heavy atom. The molecule has 2 aliphatic heterocycles. The number of morpholine rings is 1. The van der Waals surface area contributed by atoms with Gasteiger partial charge in [-0.1, -0.05) is 0 Å². The third-order valence-electron chi connectivity index (χ3n) is 3.59. The molecule has 0 aromatic heterocycles. The SMILES string of the molecule is C1CN2CC(C3CC3)NCC2CO1. The molecule has 13 heavy (non-hydrogen) atoms. The molecule has 3 nitrogen and oxygen atoms in total. The molecule has 3 aliphatic rings. The molecule has 0 aromatic carbocycles. The Kier molecular flexibility index (Phi) is 2.04. The number of fused-ring (bicyclic) bond motifs is 1. The van der Waals surface area contributed by atoms with Gasteiger partial charge in [0, 0.05) is 31.7 Å². The first-order valence-corrected chi connectivity index (χ1v) is 5.48. The van der Waals surface area contributed by atoms with Crippen LogP contribution in [0.3, 0.4) is 0 Å². The number of ether oxygens (including phenoxy) is 1. The smallest absolute Gasteiger partial charge is 0.0634 e. The lowest BCUT2D eigenvalue weighted by molar-refractivity contribution is -0.0279. The van der Waals surface area contributed by atoms with E-state index < -0.39 is 0 Å². The number of rotatable bonds is 1. The van der Waals surface area contributed by atoms with Crippen molar-refractivity contribution in [3.05, 3.63) is 0 Å². The van der Waals surface area contributed by atoms with Crippen molar-refractivity contribution >= 4 is 0 Å². The Morgan fingerprint density at radius 3 is 3.08 bits per heavy atom. The van der Waals surface area contributed by atoms with Gasteiger partial charge in [0.05, 0.1) is 13.2 Å². The molecule has 2 saturated heterocycles. The molecular formula is C10H18N2O. The van der Waals surface area contributed by atoms with E-state index in [1.165, 1.54) is 19.4 Å². The van der Waals surface area contributed by atoms with Gasteiger partial charge < -0.3 is 10.1 Å². The Hall–Kier alpha value is -0.120. The van der Waals surface area contributed by atoms with E-state index in [1.807, 2.05) is 0 Å². The Morgan fingerprint density at radius 1 is 1.31 bits per heavy atom. The first-order chi connectivity index (χ1) is 6.43. The standard InChI is InChI=1S/C10H18N2O/c1-2-8(1)10-6-12-3-4-13-7-9(12)5-11-10/h8-11H,1-7H2. The van der Waals surface area contributed by atoms with E-state index in [4.69, 9.17) is 4.74 Å². The zero-order chi connectivity index (χ0) is 8.67. The van der Waals surface area contributed by atoms with Gasteiger partial charge in [-0.25, -0.2) is 0 Å². The lowest BCUT2D eigenvalue weighted by Gasteiger charge is -2.43. The first kappa shape index (κ1) is 8.21. The highest BCUT2D eigenvalue weighted by Gasteiger charge is 2.37. The van der Waals surface area contributed by atoms with E-state index in [2.05, 4.69) is 10.2 Å². The van der Waals surface area contributed by atoms with Gasteiger partial charge in [-0.3, -0.25) is 4.90 Å². The molecule has 1 saturated carbocycles. The van der Waals surface area contributed by atoms with Gasteiger partial charge in [0.25, 0.3) is 0 Å². The molecule has 0 radical (unpaired) electrons. The van der Waals surface area contributed by atoms with E-state index in [1.54, 1.807) is 0 Å². The quantitative estimate of drug-likeness (QED) is 0.621. The van der Waals surface area contributed by atoms with Crippen LogP contribution in [0.1, 0.15) is 12.8 Å². The molecular weight excluding hydrogens is 164 g/mol. The van der Waals surface area contributed by atoms with Crippen molar-refractivity contribution in [2.75, 3.05) is 32.8 Å². The maximum atomic E-state index is 5.47. The number of hydrogen-bond donors (Lipinski definition) is 1. The summed E-state index contributed by atoms with van der Waals surface area (Å²) in [5.74, 6) is 0.990. The topological polar surface area (TPSA) is 24.5 Å². The van der Waals surface area contributed by atoms with E-state index >= 15 is 0 Å². The van der Waals surface area contributed by atoms with Crippen LogP contribution in [-0.2, 0) is 4.74 Å². The van der Waals surface area contributed by atoms with Crippen molar-refractivity contribution in [3.8, 4) is 0 Å². The molecule has 0 amide bonds.